The van der Waals surface area contributed by atoms with Crippen molar-refractivity contribution in [1.29, 1.82) is 0 Å². The number of fused-ring (bicyclic) bond motifs is 4. The molecule has 1 aliphatic carbocycles. The summed E-state index contributed by atoms with van der Waals surface area (Å²) in [6.45, 7) is 2.37. The second-order valence-corrected chi connectivity index (χ2v) is 11.4. The van der Waals surface area contributed by atoms with E-state index in [9.17, 15) is 14.7 Å². The number of aliphatic hydroxyl groups is 1. The Morgan fingerprint density at radius 2 is 1.29 bits per heavy atom. The number of amides is 2. The van der Waals surface area contributed by atoms with Crippen LogP contribution in [0.15, 0.2) is 72.8 Å². The van der Waals surface area contributed by atoms with E-state index in [1.807, 2.05) is 73.8 Å². The minimum absolute atomic E-state index is 0.00242. The Balaban J connectivity index is 1.57. The van der Waals surface area contributed by atoms with Gasteiger partial charge in [-0.2, -0.15) is 0 Å². The number of nitrogens with zero attached hydrogens (tertiary/aromatic N) is 3. The smallest absolute Gasteiger partial charge is 0.241 e. The van der Waals surface area contributed by atoms with E-state index in [2.05, 4.69) is 11.0 Å². The lowest BCUT2D eigenvalue weighted by molar-refractivity contribution is -0.132. The largest absolute Gasteiger partial charge is 0.387 e. The number of para-hydroxylation sites is 2. The molecule has 1 N–H and O–H groups in total. The van der Waals surface area contributed by atoms with Crippen LogP contribution in [0.4, 0.5) is 11.4 Å². The molecule has 0 bridgehead atoms. The first-order chi connectivity index (χ1) is 18.4. The number of piperidine rings is 1. The third-order valence-corrected chi connectivity index (χ3v) is 9.70. The van der Waals surface area contributed by atoms with Crippen molar-refractivity contribution in [3.05, 3.63) is 95.1 Å². The lowest BCUT2D eigenvalue weighted by Gasteiger charge is -2.46. The van der Waals surface area contributed by atoms with E-state index in [1.165, 1.54) is 6.42 Å². The fourth-order valence-electron chi connectivity index (χ4n) is 8.15. The standard InChI is InChI=1S/C32H33N3O3/c1-33-25-16-8-6-14-23(25)31(29(33)37,20-35-18-10-3-11-19-35)27-21-12-4-5-13-22(21)28(36)32(27)24-15-7-9-17-26(24)34(2)30(32)38/h4-9,12-17,27-28,36H,3,10-11,18-20H2,1-2H3/t27-,28-,31-,32-/m1/s1. The molecule has 3 aromatic carbocycles. The molecule has 3 aromatic rings. The first kappa shape index (κ1) is 23.6. The number of rotatable bonds is 3. The number of aliphatic hydroxyl groups excluding tert-OH is 1. The van der Waals surface area contributed by atoms with Crippen molar-refractivity contribution in [1.82, 2.24) is 4.90 Å². The number of carbonyl (C=O) groups excluding carboxylic acids is 2. The van der Waals surface area contributed by atoms with Crippen molar-refractivity contribution >= 4 is 23.2 Å². The minimum Gasteiger partial charge on any atom is -0.387 e. The van der Waals surface area contributed by atoms with E-state index < -0.39 is 22.9 Å². The first-order valence-electron chi connectivity index (χ1n) is 13.7. The first-order valence-corrected chi connectivity index (χ1v) is 13.7. The van der Waals surface area contributed by atoms with Crippen molar-refractivity contribution in [2.24, 2.45) is 0 Å². The Kier molecular flexibility index (Phi) is 5.13. The maximum atomic E-state index is 14.8. The van der Waals surface area contributed by atoms with Gasteiger partial charge in [-0.1, -0.05) is 67.1 Å². The normalized spacial score (nSPS) is 30.2. The van der Waals surface area contributed by atoms with Crippen LogP contribution in [-0.4, -0.2) is 55.6 Å². The minimum atomic E-state index is -1.31. The van der Waals surface area contributed by atoms with Crippen LogP contribution < -0.4 is 9.80 Å². The molecule has 0 radical (unpaired) electrons. The van der Waals surface area contributed by atoms with Crippen LogP contribution in [0.3, 0.4) is 0 Å². The van der Waals surface area contributed by atoms with Crippen LogP contribution in [-0.2, 0) is 20.4 Å². The van der Waals surface area contributed by atoms with Gasteiger partial charge in [-0.05, 0) is 60.3 Å². The van der Waals surface area contributed by atoms with Crippen molar-refractivity contribution < 1.29 is 14.7 Å². The lowest BCUT2D eigenvalue weighted by Crippen LogP contribution is -2.59. The van der Waals surface area contributed by atoms with E-state index >= 15 is 0 Å². The Morgan fingerprint density at radius 3 is 2.00 bits per heavy atom. The van der Waals surface area contributed by atoms with Gasteiger partial charge in [-0.25, -0.2) is 0 Å². The highest BCUT2D eigenvalue weighted by molar-refractivity contribution is 6.14. The zero-order chi connectivity index (χ0) is 26.2. The summed E-state index contributed by atoms with van der Waals surface area (Å²) >= 11 is 0. The van der Waals surface area contributed by atoms with Crippen LogP contribution in [0.1, 0.15) is 53.5 Å². The maximum Gasteiger partial charge on any atom is 0.241 e. The Labute approximate surface area is 223 Å². The van der Waals surface area contributed by atoms with Gasteiger partial charge < -0.3 is 19.8 Å². The van der Waals surface area contributed by atoms with E-state index in [1.54, 1.807) is 16.8 Å². The summed E-state index contributed by atoms with van der Waals surface area (Å²) in [6.07, 6.45) is 2.33. The molecule has 194 valence electrons. The average molecular weight is 508 g/mol. The van der Waals surface area contributed by atoms with E-state index in [0.717, 1.165) is 59.6 Å². The number of benzene rings is 3. The molecule has 0 aromatic heterocycles. The summed E-state index contributed by atoms with van der Waals surface area (Å²) in [5.41, 5.74) is 2.74. The van der Waals surface area contributed by atoms with Crippen molar-refractivity contribution in [2.75, 3.05) is 43.5 Å². The number of hydrogen-bond acceptors (Lipinski definition) is 4. The van der Waals surface area contributed by atoms with Gasteiger partial charge in [-0.15, -0.1) is 0 Å². The predicted molar refractivity (Wildman–Crippen MR) is 147 cm³/mol. The Morgan fingerprint density at radius 1 is 0.737 bits per heavy atom. The zero-order valence-corrected chi connectivity index (χ0v) is 21.9. The molecule has 3 aliphatic heterocycles. The molecule has 1 fully saturated rings. The second kappa shape index (κ2) is 8.26. The molecular weight excluding hydrogens is 474 g/mol. The van der Waals surface area contributed by atoms with Gasteiger partial charge >= 0.3 is 0 Å². The molecule has 2 amide bonds. The molecule has 38 heavy (non-hydrogen) atoms. The highest BCUT2D eigenvalue weighted by Gasteiger charge is 2.72. The van der Waals surface area contributed by atoms with Gasteiger partial charge in [0.25, 0.3) is 0 Å². The summed E-state index contributed by atoms with van der Waals surface area (Å²) in [5, 5.41) is 12.2. The summed E-state index contributed by atoms with van der Waals surface area (Å²) in [7, 11) is 3.64. The molecule has 0 unspecified atom stereocenters. The molecule has 3 heterocycles. The molecular formula is C32H33N3O3. The highest BCUT2D eigenvalue weighted by Crippen LogP contribution is 2.68. The topological polar surface area (TPSA) is 64.1 Å². The molecule has 1 saturated heterocycles. The Hall–Kier alpha value is -3.48. The summed E-state index contributed by atoms with van der Waals surface area (Å²) in [5.74, 6) is -0.719. The van der Waals surface area contributed by atoms with Crippen LogP contribution in [0.2, 0.25) is 0 Å². The monoisotopic (exact) mass is 507 g/mol. The predicted octanol–water partition coefficient (Wildman–Crippen LogP) is 4.13. The number of hydrogen-bond donors (Lipinski definition) is 1. The molecule has 4 atom stereocenters. The third-order valence-electron chi connectivity index (χ3n) is 9.70. The van der Waals surface area contributed by atoms with Crippen LogP contribution >= 0.6 is 0 Å². The number of likely N-dealkylation sites (N-methyl/N-ethyl adjacent to an activating group) is 2. The van der Waals surface area contributed by atoms with Crippen LogP contribution in [0.25, 0.3) is 0 Å². The number of anilines is 2. The number of carbonyl (C=O) groups is 2. The van der Waals surface area contributed by atoms with Crippen LogP contribution in [0, 0.1) is 0 Å². The molecule has 1 spiro atoms. The fraction of sp³-hybridized carbons (Fsp3) is 0.375. The molecule has 7 rings (SSSR count). The molecule has 6 nitrogen and oxygen atoms in total. The van der Waals surface area contributed by atoms with Crippen molar-refractivity contribution in [3.63, 3.8) is 0 Å². The molecule has 4 aliphatic rings. The van der Waals surface area contributed by atoms with Gasteiger partial charge in [0.2, 0.25) is 11.8 Å². The maximum absolute atomic E-state index is 14.8. The zero-order valence-electron chi connectivity index (χ0n) is 21.9. The summed E-state index contributed by atoms with van der Waals surface area (Å²) in [4.78, 5) is 35.3. The second-order valence-electron chi connectivity index (χ2n) is 11.4. The van der Waals surface area contributed by atoms with Gasteiger partial charge in [-0.3, -0.25) is 9.59 Å². The fourth-order valence-corrected chi connectivity index (χ4v) is 8.15. The van der Waals surface area contributed by atoms with E-state index in [-0.39, 0.29) is 11.8 Å². The Bertz CT molecular complexity index is 1460. The average Bonchev–Trinajstić information content (AvgIpc) is 3.44. The van der Waals surface area contributed by atoms with E-state index in [0.29, 0.717) is 6.54 Å². The molecule has 0 saturated carbocycles. The highest BCUT2D eigenvalue weighted by atomic mass is 16.3. The quantitative estimate of drug-likeness (QED) is 0.579. The van der Waals surface area contributed by atoms with Crippen LogP contribution in [0.5, 0.6) is 0 Å². The van der Waals surface area contributed by atoms with Gasteiger partial charge in [0.05, 0.1) is 11.5 Å². The number of likely N-dealkylation sites (tertiary alicyclic amines) is 1. The lowest BCUT2D eigenvalue weighted by atomic mass is 9.56. The van der Waals surface area contributed by atoms with Crippen molar-refractivity contribution in [3.8, 4) is 0 Å². The molecule has 6 heteroatoms. The summed E-state index contributed by atoms with van der Waals surface area (Å²) < 4.78 is 0. The third kappa shape index (κ3) is 2.74. The van der Waals surface area contributed by atoms with Gasteiger partial charge in [0, 0.05) is 37.9 Å². The van der Waals surface area contributed by atoms with Crippen molar-refractivity contribution in [2.45, 2.75) is 42.1 Å². The summed E-state index contributed by atoms with van der Waals surface area (Å²) in [6, 6.07) is 23.7. The van der Waals surface area contributed by atoms with Gasteiger partial charge in [0.15, 0.2) is 0 Å². The SMILES string of the molecule is CN1C(=O)[C@@]2(c3ccccc31)[C@H](O)c1ccccc1[C@@H]2[C@]1(CN2CCCCC2)C(=O)N(C)c2ccccc21. The van der Waals surface area contributed by atoms with Gasteiger partial charge in [0.1, 0.15) is 5.41 Å². The van der Waals surface area contributed by atoms with E-state index in [4.69, 9.17) is 0 Å².